The summed E-state index contributed by atoms with van der Waals surface area (Å²) in [5, 5.41) is 0. The van der Waals surface area contributed by atoms with Crippen molar-refractivity contribution in [3.63, 3.8) is 0 Å². The molecular formula is C10H22O2Si. The summed E-state index contributed by atoms with van der Waals surface area (Å²) in [5.41, 5.74) is 2.36. The van der Waals surface area contributed by atoms with Crippen LogP contribution in [0, 0.1) is 0 Å². The Morgan fingerprint density at radius 2 is 1.77 bits per heavy atom. The lowest BCUT2D eigenvalue weighted by atomic mass is 10.5. The fourth-order valence-corrected chi connectivity index (χ4v) is 3.41. The predicted octanol–water partition coefficient (Wildman–Crippen LogP) is 2.82. The zero-order chi connectivity index (χ0) is 10.3. The van der Waals surface area contributed by atoms with Crippen molar-refractivity contribution in [2.45, 2.75) is 38.8 Å². The largest absolute Gasteiger partial charge is 0.356 e. The SMILES string of the molecule is C/C=C/[Si](C)(C)CCC(OC)OC. The van der Waals surface area contributed by atoms with Gasteiger partial charge in [-0.2, -0.15) is 0 Å². The summed E-state index contributed by atoms with van der Waals surface area (Å²) >= 11 is 0. The Morgan fingerprint density at radius 1 is 1.23 bits per heavy atom. The van der Waals surface area contributed by atoms with Crippen molar-refractivity contribution in [3.8, 4) is 0 Å². The summed E-state index contributed by atoms with van der Waals surface area (Å²) in [7, 11) is 2.25. The van der Waals surface area contributed by atoms with Crippen LogP contribution in [0.15, 0.2) is 11.8 Å². The number of rotatable bonds is 6. The van der Waals surface area contributed by atoms with Crippen molar-refractivity contribution in [1.29, 1.82) is 0 Å². The average molecular weight is 202 g/mol. The van der Waals surface area contributed by atoms with Gasteiger partial charge < -0.3 is 9.47 Å². The topological polar surface area (TPSA) is 18.5 Å². The molecule has 0 N–H and O–H groups in total. The minimum absolute atomic E-state index is 0.0305. The first-order chi connectivity index (χ1) is 6.05. The van der Waals surface area contributed by atoms with Gasteiger partial charge in [0.25, 0.3) is 0 Å². The van der Waals surface area contributed by atoms with Crippen LogP contribution < -0.4 is 0 Å². The Kier molecular flexibility index (Phi) is 6.29. The molecule has 78 valence electrons. The molecule has 0 atom stereocenters. The van der Waals surface area contributed by atoms with Crippen LogP contribution in [-0.4, -0.2) is 28.6 Å². The van der Waals surface area contributed by atoms with Gasteiger partial charge in [0.15, 0.2) is 6.29 Å². The zero-order valence-electron chi connectivity index (χ0n) is 9.46. The monoisotopic (exact) mass is 202 g/mol. The standard InChI is InChI=1S/C10H22O2Si/c1-6-8-13(4,5)9-7-10(11-2)12-3/h6,8,10H,7,9H2,1-5H3/b8-6+. The van der Waals surface area contributed by atoms with Crippen molar-refractivity contribution in [1.82, 2.24) is 0 Å². The molecule has 0 unspecified atom stereocenters. The van der Waals surface area contributed by atoms with Crippen LogP contribution >= 0.6 is 0 Å². The molecule has 0 aliphatic carbocycles. The van der Waals surface area contributed by atoms with Crippen LogP contribution in [0.25, 0.3) is 0 Å². The first kappa shape index (κ1) is 12.9. The number of ether oxygens (including phenoxy) is 2. The number of allylic oxidation sites excluding steroid dienone is 1. The second-order valence-corrected chi connectivity index (χ2v) is 8.74. The molecule has 3 heteroatoms. The van der Waals surface area contributed by atoms with Gasteiger partial charge in [-0.05, 0) is 19.4 Å². The van der Waals surface area contributed by atoms with Gasteiger partial charge in [0.2, 0.25) is 0 Å². The predicted molar refractivity (Wildman–Crippen MR) is 59.5 cm³/mol. The van der Waals surface area contributed by atoms with E-state index in [1.807, 2.05) is 0 Å². The summed E-state index contributed by atoms with van der Waals surface area (Å²) in [4.78, 5) is 0. The first-order valence-corrected chi connectivity index (χ1v) is 8.03. The van der Waals surface area contributed by atoms with Crippen molar-refractivity contribution < 1.29 is 9.47 Å². The Hall–Kier alpha value is -0.123. The maximum atomic E-state index is 5.15. The van der Waals surface area contributed by atoms with E-state index >= 15 is 0 Å². The van der Waals surface area contributed by atoms with E-state index in [0.717, 1.165) is 6.42 Å². The van der Waals surface area contributed by atoms with Crippen molar-refractivity contribution in [2.75, 3.05) is 14.2 Å². The van der Waals surface area contributed by atoms with E-state index in [2.05, 4.69) is 31.8 Å². The van der Waals surface area contributed by atoms with Gasteiger partial charge in [-0.25, -0.2) is 0 Å². The summed E-state index contributed by atoms with van der Waals surface area (Å²) in [6, 6.07) is 1.21. The molecular weight excluding hydrogens is 180 g/mol. The number of hydrogen-bond donors (Lipinski definition) is 0. The lowest BCUT2D eigenvalue weighted by Gasteiger charge is -2.20. The minimum Gasteiger partial charge on any atom is -0.356 e. The van der Waals surface area contributed by atoms with Crippen molar-refractivity contribution >= 4 is 8.07 Å². The molecule has 0 bridgehead atoms. The summed E-state index contributed by atoms with van der Waals surface area (Å²) < 4.78 is 10.3. The van der Waals surface area contributed by atoms with E-state index in [9.17, 15) is 0 Å². The Labute approximate surface area is 82.9 Å². The molecule has 0 aliphatic heterocycles. The Balaban J connectivity index is 3.85. The fraction of sp³-hybridized carbons (Fsp3) is 0.800. The van der Waals surface area contributed by atoms with E-state index < -0.39 is 8.07 Å². The third-order valence-electron chi connectivity index (χ3n) is 2.17. The zero-order valence-corrected chi connectivity index (χ0v) is 10.5. The molecule has 13 heavy (non-hydrogen) atoms. The average Bonchev–Trinajstić information content (AvgIpc) is 2.06. The molecule has 0 amide bonds. The quantitative estimate of drug-likeness (QED) is 0.487. The highest BCUT2D eigenvalue weighted by Crippen LogP contribution is 2.16. The molecule has 0 aromatic heterocycles. The van der Waals surface area contributed by atoms with Gasteiger partial charge in [0.05, 0.1) is 8.07 Å². The van der Waals surface area contributed by atoms with Gasteiger partial charge >= 0.3 is 0 Å². The highest BCUT2D eigenvalue weighted by atomic mass is 28.3. The van der Waals surface area contributed by atoms with Crippen LogP contribution in [0.3, 0.4) is 0 Å². The van der Waals surface area contributed by atoms with Gasteiger partial charge in [-0.3, -0.25) is 0 Å². The lowest BCUT2D eigenvalue weighted by Crippen LogP contribution is -2.25. The van der Waals surface area contributed by atoms with Crippen molar-refractivity contribution in [2.24, 2.45) is 0 Å². The Bertz CT molecular complexity index is 151. The van der Waals surface area contributed by atoms with Crippen LogP contribution in [0.4, 0.5) is 0 Å². The van der Waals surface area contributed by atoms with Gasteiger partial charge in [0.1, 0.15) is 0 Å². The highest BCUT2D eigenvalue weighted by molar-refractivity contribution is 6.82. The van der Waals surface area contributed by atoms with Crippen LogP contribution in [0.2, 0.25) is 19.1 Å². The van der Waals surface area contributed by atoms with E-state index in [4.69, 9.17) is 9.47 Å². The molecule has 0 fully saturated rings. The smallest absolute Gasteiger partial charge is 0.156 e. The van der Waals surface area contributed by atoms with E-state index in [0.29, 0.717) is 0 Å². The number of methoxy groups -OCH3 is 2. The lowest BCUT2D eigenvalue weighted by molar-refractivity contribution is -0.103. The highest BCUT2D eigenvalue weighted by Gasteiger charge is 2.18. The molecule has 0 spiro atoms. The minimum atomic E-state index is -1.14. The molecule has 0 heterocycles. The van der Waals surface area contributed by atoms with E-state index in [1.165, 1.54) is 6.04 Å². The normalized spacial score (nSPS) is 13.1. The van der Waals surface area contributed by atoms with E-state index in [-0.39, 0.29) is 6.29 Å². The molecule has 0 aromatic carbocycles. The summed E-state index contributed by atoms with van der Waals surface area (Å²) in [6.45, 7) is 6.80. The molecule has 0 aliphatic rings. The molecule has 0 saturated carbocycles. The molecule has 2 nitrogen and oxygen atoms in total. The summed E-state index contributed by atoms with van der Waals surface area (Å²) in [5.74, 6) is 0. The van der Waals surface area contributed by atoms with Gasteiger partial charge in [-0.1, -0.05) is 24.9 Å². The first-order valence-electron chi connectivity index (χ1n) is 4.75. The van der Waals surface area contributed by atoms with Crippen molar-refractivity contribution in [3.05, 3.63) is 11.8 Å². The molecule has 0 aromatic rings. The fourth-order valence-electron chi connectivity index (χ4n) is 1.36. The van der Waals surface area contributed by atoms with Gasteiger partial charge in [-0.15, -0.1) is 0 Å². The maximum Gasteiger partial charge on any atom is 0.156 e. The van der Waals surface area contributed by atoms with Crippen LogP contribution in [0.1, 0.15) is 13.3 Å². The Morgan fingerprint density at radius 3 is 2.15 bits per heavy atom. The molecule has 0 rings (SSSR count). The number of hydrogen-bond acceptors (Lipinski definition) is 2. The van der Waals surface area contributed by atoms with Crippen LogP contribution in [-0.2, 0) is 9.47 Å². The molecule has 0 saturated heterocycles. The summed E-state index contributed by atoms with van der Waals surface area (Å²) in [6.07, 6.45) is 3.12. The third-order valence-corrected chi connectivity index (χ3v) is 4.98. The third kappa shape index (κ3) is 6.02. The van der Waals surface area contributed by atoms with Crippen LogP contribution in [0.5, 0.6) is 0 Å². The maximum absolute atomic E-state index is 5.15. The second kappa shape index (κ2) is 6.35. The molecule has 0 radical (unpaired) electrons. The second-order valence-electron chi connectivity index (χ2n) is 3.93. The van der Waals surface area contributed by atoms with E-state index in [1.54, 1.807) is 14.2 Å². The van der Waals surface area contributed by atoms with Gasteiger partial charge in [0, 0.05) is 14.2 Å².